The van der Waals surface area contributed by atoms with Gasteiger partial charge in [-0.1, -0.05) is 36.4 Å². The van der Waals surface area contributed by atoms with Gasteiger partial charge >= 0.3 is 6.09 Å². The molecule has 4 rings (SSSR count). The number of hydrogen-bond donors (Lipinski definition) is 1. The molecule has 7 nitrogen and oxygen atoms in total. The quantitative estimate of drug-likeness (QED) is 0.740. The first kappa shape index (κ1) is 17.7. The Morgan fingerprint density at radius 3 is 2.46 bits per heavy atom. The van der Waals surface area contributed by atoms with Crippen LogP contribution >= 0.6 is 0 Å². The second-order valence-electron chi connectivity index (χ2n) is 6.88. The third-order valence-corrected chi connectivity index (χ3v) is 5.13. The highest BCUT2D eigenvalue weighted by Gasteiger charge is 2.29. The van der Waals surface area contributed by atoms with Crippen molar-refractivity contribution in [2.24, 2.45) is 0 Å². The van der Waals surface area contributed by atoms with Crippen molar-refractivity contribution in [3.05, 3.63) is 54.1 Å². The van der Waals surface area contributed by atoms with E-state index < -0.39 is 6.09 Å². The zero-order valence-electron chi connectivity index (χ0n) is 15.4. The van der Waals surface area contributed by atoms with E-state index in [1.165, 1.54) is 4.90 Å². The Morgan fingerprint density at radius 1 is 1.11 bits per heavy atom. The van der Waals surface area contributed by atoms with Crippen LogP contribution in [0.4, 0.5) is 10.6 Å². The molecular formula is C21H19N5O2. The molecule has 0 saturated carbocycles. The lowest BCUT2D eigenvalue weighted by Crippen LogP contribution is -2.53. The Bertz CT molecular complexity index is 1070. The molecular weight excluding hydrogens is 354 g/mol. The molecule has 28 heavy (non-hydrogen) atoms. The molecule has 0 spiro atoms. The molecule has 1 fully saturated rings. The van der Waals surface area contributed by atoms with Crippen LogP contribution in [0.1, 0.15) is 12.5 Å². The predicted molar refractivity (Wildman–Crippen MR) is 106 cm³/mol. The van der Waals surface area contributed by atoms with Crippen LogP contribution in [0.15, 0.2) is 48.5 Å². The molecule has 2 heterocycles. The van der Waals surface area contributed by atoms with Crippen LogP contribution in [-0.4, -0.2) is 52.0 Å². The largest absolute Gasteiger partial charge is 0.465 e. The van der Waals surface area contributed by atoms with Gasteiger partial charge in [0.05, 0.1) is 11.6 Å². The van der Waals surface area contributed by atoms with Gasteiger partial charge in [-0.25, -0.2) is 4.79 Å². The number of aromatic nitrogens is 2. The van der Waals surface area contributed by atoms with E-state index in [9.17, 15) is 9.90 Å². The van der Waals surface area contributed by atoms with Crippen LogP contribution in [0.2, 0.25) is 0 Å². The van der Waals surface area contributed by atoms with Crippen molar-refractivity contribution in [2.75, 3.05) is 24.5 Å². The fraction of sp³-hybridized carbons (Fsp3) is 0.238. The molecule has 0 aliphatic carbocycles. The highest BCUT2D eigenvalue weighted by atomic mass is 16.4. The summed E-state index contributed by atoms with van der Waals surface area (Å²) in [4.78, 5) is 14.8. The predicted octanol–water partition coefficient (Wildman–Crippen LogP) is 3.36. The van der Waals surface area contributed by atoms with Gasteiger partial charge in [-0.3, -0.25) is 0 Å². The van der Waals surface area contributed by atoms with Crippen molar-refractivity contribution in [3.8, 4) is 17.3 Å². The minimum Gasteiger partial charge on any atom is -0.465 e. The van der Waals surface area contributed by atoms with Gasteiger partial charge < -0.3 is 14.9 Å². The van der Waals surface area contributed by atoms with Gasteiger partial charge in [0.15, 0.2) is 5.82 Å². The first-order chi connectivity index (χ1) is 13.6. The zero-order chi connectivity index (χ0) is 19.7. The van der Waals surface area contributed by atoms with Gasteiger partial charge in [-0.15, -0.1) is 10.2 Å². The van der Waals surface area contributed by atoms with Crippen LogP contribution in [0.5, 0.6) is 0 Å². The number of benzene rings is 2. The van der Waals surface area contributed by atoms with E-state index in [0.717, 1.165) is 27.8 Å². The minimum absolute atomic E-state index is 0.00307. The van der Waals surface area contributed by atoms with E-state index in [4.69, 9.17) is 5.26 Å². The van der Waals surface area contributed by atoms with Crippen LogP contribution in [0.3, 0.4) is 0 Å². The molecule has 1 unspecified atom stereocenters. The first-order valence-corrected chi connectivity index (χ1v) is 9.09. The topological polar surface area (TPSA) is 93.3 Å². The number of rotatable bonds is 2. The van der Waals surface area contributed by atoms with E-state index in [2.05, 4.69) is 21.2 Å². The summed E-state index contributed by atoms with van der Waals surface area (Å²) in [5.74, 6) is 0.769. The fourth-order valence-corrected chi connectivity index (χ4v) is 3.66. The van der Waals surface area contributed by atoms with Gasteiger partial charge in [-0.05, 0) is 19.1 Å². The summed E-state index contributed by atoms with van der Waals surface area (Å²) in [6.45, 7) is 3.44. The molecule has 1 aromatic heterocycles. The summed E-state index contributed by atoms with van der Waals surface area (Å²) in [6.07, 6.45) is -0.890. The summed E-state index contributed by atoms with van der Waals surface area (Å²) < 4.78 is 0. The number of carboxylic acid groups (broad SMARTS) is 1. The summed E-state index contributed by atoms with van der Waals surface area (Å²) in [6, 6.07) is 17.4. The maximum atomic E-state index is 11.3. The number of hydrogen-bond acceptors (Lipinski definition) is 5. The molecule has 7 heteroatoms. The molecule has 1 saturated heterocycles. The summed E-state index contributed by atoms with van der Waals surface area (Å²) >= 11 is 0. The number of fused-ring (bicyclic) bond motifs is 1. The number of anilines is 1. The van der Waals surface area contributed by atoms with Crippen LogP contribution in [0, 0.1) is 11.3 Å². The van der Waals surface area contributed by atoms with Crippen molar-refractivity contribution < 1.29 is 9.90 Å². The van der Waals surface area contributed by atoms with Crippen molar-refractivity contribution >= 4 is 22.7 Å². The van der Waals surface area contributed by atoms with E-state index in [0.29, 0.717) is 25.2 Å². The number of nitriles is 1. The van der Waals surface area contributed by atoms with E-state index in [-0.39, 0.29) is 6.04 Å². The highest BCUT2D eigenvalue weighted by Crippen LogP contribution is 2.32. The van der Waals surface area contributed by atoms with Crippen molar-refractivity contribution in [1.29, 1.82) is 5.26 Å². The number of piperazine rings is 1. The average molecular weight is 373 g/mol. The Kier molecular flexibility index (Phi) is 4.53. The van der Waals surface area contributed by atoms with E-state index >= 15 is 0 Å². The Hall–Kier alpha value is -3.66. The zero-order valence-corrected chi connectivity index (χ0v) is 15.4. The maximum absolute atomic E-state index is 11.3. The maximum Gasteiger partial charge on any atom is 0.407 e. The number of amides is 1. The molecule has 2 aromatic carbocycles. The Labute approximate surface area is 162 Å². The SMILES string of the molecule is CC1CN(C(=O)O)CCN1c1nnc(-c2ccc(C#N)cc2)c2ccccc12. The molecule has 1 atom stereocenters. The van der Waals surface area contributed by atoms with E-state index in [1.54, 1.807) is 12.1 Å². The highest BCUT2D eigenvalue weighted by molar-refractivity contribution is 6.00. The fourth-order valence-electron chi connectivity index (χ4n) is 3.66. The Morgan fingerprint density at radius 2 is 1.82 bits per heavy atom. The molecule has 0 radical (unpaired) electrons. The summed E-state index contributed by atoms with van der Waals surface area (Å²) in [5, 5.41) is 29.2. The van der Waals surface area contributed by atoms with Gasteiger partial charge in [0.1, 0.15) is 5.69 Å². The lowest BCUT2D eigenvalue weighted by atomic mass is 10.0. The van der Waals surface area contributed by atoms with Crippen LogP contribution in [0.25, 0.3) is 22.0 Å². The normalized spacial score (nSPS) is 16.8. The smallest absolute Gasteiger partial charge is 0.407 e. The molecule has 3 aromatic rings. The number of nitrogens with zero attached hydrogens (tertiary/aromatic N) is 5. The molecule has 1 aliphatic rings. The van der Waals surface area contributed by atoms with Crippen molar-refractivity contribution in [3.63, 3.8) is 0 Å². The average Bonchev–Trinajstić information content (AvgIpc) is 2.73. The standard InChI is InChI=1S/C21H19N5O2/c1-14-13-25(21(27)28)10-11-26(14)20-18-5-3-2-4-17(18)19(23-24-20)16-8-6-15(12-22)7-9-16/h2-9,14H,10-11,13H2,1H3,(H,27,28). The van der Waals surface area contributed by atoms with Gasteiger partial charge in [-0.2, -0.15) is 5.26 Å². The Balaban J connectivity index is 1.76. The monoisotopic (exact) mass is 373 g/mol. The van der Waals surface area contributed by atoms with Crippen molar-refractivity contribution in [2.45, 2.75) is 13.0 Å². The second-order valence-corrected chi connectivity index (χ2v) is 6.88. The lowest BCUT2D eigenvalue weighted by molar-refractivity contribution is 0.136. The third kappa shape index (κ3) is 3.09. The van der Waals surface area contributed by atoms with Crippen LogP contribution < -0.4 is 4.90 Å². The van der Waals surface area contributed by atoms with Crippen LogP contribution in [-0.2, 0) is 0 Å². The second kappa shape index (κ2) is 7.16. The minimum atomic E-state index is -0.890. The summed E-state index contributed by atoms with van der Waals surface area (Å²) in [5.41, 5.74) is 2.27. The molecule has 1 amide bonds. The molecule has 0 bridgehead atoms. The molecule has 140 valence electrons. The first-order valence-electron chi connectivity index (χ1n) is 9.09. The lowest BCUT2D eigenvalue weighted by Gasteiger charge is -2.39. The van der Waals surface area contributed by atoms with Gasteiger partial charge in [0.2, 0.25) is 0 Å². The van der Waals surface area contributed by atoms with Gasteiger partial charge in [0, 0.05) is 42.0 Å². The number of carbonyl (C=O) groups is 1. The van der Waals surface area contributed by atoms with Gasteiger partial charge in [0.25, 0.3) is 0 Å². The van der Waals surface area contributed by atoms with Crippen molar-refractivity contribution in [1.82, 2.24) is 15.1 Å². The molecule has 1 aliphatic heterocycles. The summed E-state index contributed by atoms with van der Waals surface area (Å²) in [7, 11) is 0. The molecule has 1 N–H and O–H groups in total. The third-order valence-electron chi connectivity index (χ3n) is 5.13. The van der Waals surface area contributed by atoms with E-state index in [1.807, 2.05) is 43.3 Å².